The lowest BCUT2D eigenvalue weighted by molar-refractivity contribution is 0.0147. The first-order valence-corrected chi connectivity index (χ1v) is 7.86. The summed E-state index contributed by atoms with van der Waals surface area (Å²) in [5.74, 6) is 0. The van der Waals surface area contributed by atoms with Gasteiger partial charge in [-0.2, -0.15) is 0 Å². The standard InChI is InChI=1S/C13H20N2O3S/c1-9(15-11-7-12(8-11)18-2)10-3-5-13(6-4-10)19(14,16)17/h3-6,9,11-12,15H,7-8H2,1-2H3,(H2,14,16,17). The molecule has 2 rings (SSSR count). The summed E-state index contributed by atoms with van der Waals surface area (Å²) < 4.78 is 27.6. The third kappa shape index (κ3) is 3.54. The van der Waals surface area contributed by atoms with E-state index in [2.05, 4.69) is 12.2 Å². The van der Waals surface area contributed by atoms with Crippen LogP contribution in [-0.4, -0.2) is 27.7 Å². The minimum atomic E-state index is -3.61. The number of sulfonamides is 1. The van der Waals surface area contributed by atoms with Gasteiger partial charge >= 0.3 is 0 Å². The predicted octanol–water partition coefficient (Wildman–Crippen LogP) is 1.16. The van der Waals surface area contributed by atoms with Crippen LogP contribution in [0.2, 0.25) is 0 Å². The van der Waals surface area contributed by atoms with Crippen LogP contribution >= 0.6 is 0 Å². The van der Waals surface area contributed by atoms with E-state index in [1.165, 1.54) is 0 Å². The van der Waals surface area contributed by atoms with Gasteiger partial charge in [0.15, 0.2) is 0 Å². The normalized spacial score (nSPS) is 24.8. The Balaban J connectivity index is 1.95. The summed E-state index contributed by atoms with van der Waals surface area (Å²) in [6, 6.07) is 7.33. The summed E-state index contributed by atoms with van der Waals surface area (Å²) in [5.41, 5.74) is 1.05. The zero-order valence-corrected chi connectivity index (χ0v) is 12.0. The number of primary sulfonamides is 1. The van der Waals surface area contributed by atoms with E-state index in [0.29, 0.717) is 12.1 Å². The highest BCUT2D eigenvalue weighted by Gasteiger charge is 2.29. The average Bonchev–Trinajstić information content (AvgIpc) is 2.32. The van der Waals surface area contributed by atoms with E-state index >= 15 is 0 Å². The van der Waals surface area contributed by atoms with Gasteiger partial charge in [0.05, 0.1) is 11.0 Å². The molecule has 1 aliphatic rings. The summed E-state index contributed by atoms with van der Waals surface area (Å²) in [7, 11) is -1.88. The van der Waals surface area contributed by atoms with Gasteiger partial charge in [-0.3, -0.25) is 0 Å². The fourth-order valence-electron chi connectivity index (χ4n) is 2.29. The molecule has 0 heterocycles. The van der Waals surface area contributed by atoms with Gasteiger partial charge in [0.2, 0.25) is 10.0 Å². The van der Waals surface area contributed by atoms with Crippen molar-refractivity contribution >= 4 is 10.0 Å². The quantitative estimate of drug-likeness (QED) is 0.850. The van der Waals surface area contributed by atoms with Gasteiger partial charge in [-0.05, 0) is 37.5 Å². The van der Waals surface area contributed by atoms with Crippen LogP contribution in [0, 0.1) is 0 Å². The number of hydrogen-bond donors (Lipinski definition) is 2. The highest BCUT2D eigenvalue weighted by atomic mass is 32.2. The molecule has 6 heteroatoms. The smallest absolute Gasteiger partial charge is 0.238 e. The molecule has 106 valence electrons. The van der Waals surface area contributed by atoms with Crippen LogP contribution in [0.25, 0.3) is 0 Å². The van der Waals surface area contributed by atoms with Crippen LogP contribution in [0.3, 0.4) is 0 Å². The zero-order valence-electron chi connectivity index (χ0n) is 11.2. The molecule has 1 aliphatic carbocycles. The summed E-state index contributed by atoms with van der Waals surface area (Å²) in [6.45, 7) is 2.06. The lowest BCUT2D eigenvalue weighted by atomic mass is 9.88. The summed E-state index contributed by atoms with van der Waals surface area (Å²) in [6.07, 6.45) is 2.42. The van der Waals surface area contributed by atoms with Crippen LogP contribution in [0.15, 0.2) is 29.2 Å². The van der Waals surface area contributed by atoms with Crippen molar-refractivity contribution in [3.63, 3.8) is 0 Å². The van der Waals surface area contributed by atoms with Crippen molar-refractivity contribution in [2.24, 2.45) is 5.14 Å². The molecule has 0 aliphatic heterocycles. The van der Waals surface area contributed by atoms with Crippen molar-refractivity contribution in [3.05, 3.63) is 29.8 Å². The largest absolute Gasteiger partial charge is 0.381 e. The Labute approximate surface area is 114 Å². The maximum absolute atomic E-state index is 11.2. The molecule has 0 saturated heterocycles. The molecule has 1 atom stereocenters. The van der Waals surface area contributed by atoms with E-state index in [4.69, 9.17) is 9.88 Å². The molecule has 1 unspecified atom stereocenters. The van der Waals surface area contributed by atoms with Gasteiger partial charge in [-0.25, -0.2) is 13.6 Å². The number of hydrogen-bond acceptors (Lipinski definition) is 4. The topological polar surface area (TPSA) is 81.4 Å². The fraction of sp³-hybridized carbons (Fsp3) is 0.538. The molecule has 0 radical (unpaired) electrons. The maximum Gasteiger partial charge on any atom is 0.238 e. The van der Waals surface area contributed by atoms with Crippen molar-refractivity contribution in [1.82, 2.24) is 5.32 Å². The van der Waals surface area contributed by atoms with Crippen LogP contribution in [-0.2, 0) is 14.8 Å². The van der Waals surface area contributed by atoms with E-state index in [0.717, 1.165) is 18.4 Å². The lowest BCUT2D eigenvalue weighted by Crippen LogP contribution is -2.45. The van der Waals surface area contributed by atoms with E-state index in [1.807, 2.05) is 0 Å². The number of methoxy groups -OCH3 is 1. The van der Waals surface area contributed by atoms with E-state index in [-0.39, 0.29) is 10.9 Å². The Hall–Kier alpha value is -0.950. The third-order valence-corrected chi connectivity index (χ3v) is 4.55. The zero-order chi connectivity index (χ0) is 14.0. The highest BCUT2D eigenvalue weighted by molar-refractivity contribution is 7.89. The molecule has 1 aromatic carbocycles. The SMILES string of the molecule is COC1CC(NC(C)c2ccc(S(N)(=O)=O)cc2)C1. The van der Waals surface area contributed by atoms with Crippen LogP contribution in [0.4, 0.5) is 0 Å². The number of nitrogens with one attached hydrogen (secondary N) is 1. The highest BCUT2D eigenvalue weighted by Crippen LogP contribution is 2.25. The number of nitrogens with two attached hydrogens (primary N) is 1. The molecule has 3 N–H and O–H groups in total. The Morgan fingerprint density at radius 1 is 1.32 bits per heavy atom. The Morgan fingerprint density at radius 3 is 2.37 bits per heavy atom. The van der Waals surface area contributed by atoms with E-state index in [1.54, 1.807) is 31.4 Å². The molecule has 0 aromatic heterocycles. The van der Waals surface area contributed by atoms with Crippen LogP contribution in [0.5, 0.6) is 0 Å². The number of benzene rings is 1. The van der Waals surface area contributed by atoms with E-state index < -0.39 is 10.0 Å². The lowest BCUT2D eigenvalue weighted by Gasteiger charge is -2.36. The molecular weight excluding hydrogens is 264 g/mol. The van der Waals surface area contributed by atoms with Crippen molar-refractivity contribution in [2.45, 2.75) is 42.8 Å². The Kier molecular flexibility index (Phi) is 4.25. The molecule has 1 aromatic rings. The predicted molar refractivity (Wildman–Crippen MR) is 73.2 cm³/mol. The molecule has 0 spiro atoms. The van der Waals surface area contributed by atoms with Gasteiger partial charge in [-0.1, -0.05) is 12.1 Å². The number of rotatable bonds is 5. The van der Waals surface area contributed by atoms with Crippen molar-refractivity contribution in [2.75, 3.05) is 7.11 Å². The second kappa shape index (κ2) is 5.58. The van der Waals surface area contributed by atoms with Gasteiger partial charge in [0.1, 0.15) is 0 Å². The average molecular weight is 284 g/mol. The molecule has 19 heavy (non-hydrogen) atoms. The Morgan fingerprint density at radius 2 is 1.89 bits per heavy atom. The molecule has 0 bridgehead atoms. The fourth-order valence-corrected chi connectivity index (χ4v) is 2.81. The number of ether oxygens (including phenoxy) is 1. The molecule has 1 fully saturated rings. The van der Waals surface area contributed by atoms with Gasteiger partial charge in [0.25, 0.3) is 0 Å². The van der Waals surface area contributed by atoms with E-state index in [9.17, 15) is 8.42 Å². The molecule has 5 nitrogen and oxygen atoms in total. The van der Waals surface area contributed by atoms with Crippen molar-refractivity contribution in [3.8, 4) is 0 Å². The van der Waals surface area contributed by atoms with Crippen LogP contribution < -0.4 is 10.5 Å². The van der Waals surface area contributed by atoms with Gasteiger partial charge < -0.3 is 10.1 Å². The van der Waals surface area contributed by atoms with Crippen molar-refractivity contribution < 1.29 is 13.2 Å². The van der Waals surface area contributed by atoms with Crippen LogP contribution in [0.1, 0.15) is 31.4 Å². The maximum atomic E-state index is 11.2. The minimum absolute atomic E-state index is 0.145. The van der Waals surface area contributed by atoms with Gasteiger partial charge in [-0.15, -0.1) is 0 Å². The first-order chi connectivity index (χ1) is 8.90. The summed E-state index contributed by atoms with van der Waals surface area (Å²) >= 11 is 0. The first kappa shape index (κ1) is 14.5. The minimum Gasteiger partial charge on any atom is -0.381 e. The first-order valence-electron chi connectivity index (χ1n) is 6.31. The second-order valence-electron chi connectivity index (χ2n) is 5.03. The van der Waals surface area contributed by atoms with Crippen molar-refractivity contribution in [1.29, 1.82) is 0 Å². The third-order valence-electron chi connectivity index (χ3n) is 3.62. The second-order valence-corrected chi connectivity index (χ2v) is 6.59. The molecular formula is C13H20N2O3S. The molecule has 0 amide bonds. The molecule has 1 saturated carbocycles. The monoisotopic (exact) mass is 284 g/mol. The summed E-state index contributed by atoms with van der Waals surface area (Å²) in [4.78, 5) is 0.145. The summed E-state index contributed by atoms with van der Waals surface area (Å²) in [5, 5.41) is 8.56. The Bertz CT molecular complexity index is 521. The van der Waals surface area contributed by atoms with Gasteiger partial charge in [0, 0.05) is 19.2 Å².